The van der Waals surface area contributed by atoms with Gasteiger partial charge in [-0.2, -0.15) is 4.98 Å². The highest BCUT2D eigenvalue weighted by Gasteiger charge is 2.30. The largest absolute Gasteiger partial charge is 0.489 e. The molecule has 3 heterocycles. The molecule has 0 aliphatic carbocycles. The number of methoxy groups -OCH3 is 1. The van der Waals surface area contributed by atoms with E-state index in [0.717, 1.165) is 37.1 Å². The van der Waals surface area contributed by atoms with Crippen molar-refractivity contribution in [3.63, 3.8) is 0 Å². The van der Waals surface area contributed by atoms with Crippen LogP contribution in [-0.4, -0.2) is 61.2 Å². The van der Waals surface area contributed by atoms with Gasteiger partial charge in [-0.1, -0.05) is 19.1 Å². The Bertz CT molecular complexity index is 955. The predicted molar refractivity (Wildman–Crippen MR) is 126 cm³/mol. The highest BCUT2D eigenvalue weighted by Crippen LogP contribution is 2.29. The van der Waals surface area contributed by atoms with Gasteiger partial charge in [0, 0.05) is 33.0 Å². The first kappa shape index (κ1) is 23.4. The van der Waals surface area contributed by atoms with E-state index in [0.29, 0.717) is 37.9 Å². The third-order valence-electron chi connectivity index (χ3n) is 6.50. The molecule has 0 radical (unpaired) electrons. The summed E-state index contributed by atoms with van der Waals surface area (Å²) < 4.78 is 26.1. The van der Waals surface area contributed by atoms with Crippen LogP contribution in [0.25, 0.3) is 0 Å². The Labute approximate surface area is 194 Å². The number of ketones is 1. The van der Waals surface area contributed by atoms with E-state index in [1.165, 1.54) is 6.20 Å². The number of hydrogen-bond donors (Lipinski definition) is 0. The molecule has 0 amide bonds. The number of nitrogens with zero attached hydrogens (tertiary/aromatic N) is 4. The fourth-order valence-electron chi connectivity index (χ4n) is 4.81. The number of halogens is 1. The summed E-state index contributed by atoms with van der Waals surface area (Å²) >= 11 is 0. The number of benzene rings is 1. The van der Waals surface area contributed by atoms with Crippen LogP contribution in [-0.2, 0) is 9.53 Å². The molecule has 2 fully saturated rings. The molecule has 0 unspecified atom stereocenters. The first-order chi connectivity index (χ1) is 15.9. The lowest BCUT2D eigenvalue weighted by molar-refractivity contribution is -0.117. The minimum absolute atomic E-state index is 0.0451. The zero-order valence-electron chi connectivity index (χ0n) is 19.7. The molecule has 1 aromatic heterocycles. The molecular formula is C25H33FN4O3. The maximum atomic E-state index is 14.6. The topological polar surface area (TPSA) is 67.8 Å². The molecule has 33 heavy (non-hydrogen) atoms. The summed E-state index contributed by atoms with van der Waals surface area (Å²) in [5.74, 6) is 1.64. The number of hydrogen-bond acceptors (Lipinski definition) is 7. The monoisotopic (exact) mass is 456 g/mol. The highest BCUT2D eigenvalue weighted by atomic mass is 19.1. The summed E-state index contributed by atoms with van der Waals surface area (Å²) in [6, 6.07) is 8.14. The lowest BCUT2D eigenvalue weighted by Crippen LogP contribution is -2.35. The van der Waals surface area contributed by atoms with Crippen molar-refractivity contribution in [1.82, 2.24) is 9.97 Å². The molecule has 178 valence electrons. The fourth-order valence-corrected chi connectivity index (χ4v) is 4.81. The quantitative estimate of drug-likeness (QED) is 0.566. The van der Waals surface area contributed by atoms with Gasteiger partial charge in [-0.05, 0) is 43.4 Å². The first-order valence-electron chi connectivity index (χ1n) is 11.7. The number of Topliss-reactive ketones (excluding diaryl/α,β-unsaturated/α-hetero) is 1. The maximum Gasteiger partial charge on any atom is 0.227 e. The van der Waals surface area contributed by atoms with Gasteiger partial charge in [0.25, 0.3) is 0 Å². The van der Waals surface area contributed by atoms with E-state index >= 15 is 0 Å². The van der Waals surface area contributed by atoms with E-state index in [9.17, 15) is 9.18 Å². The molecule has 1 aromatic carbocycles. The van der Waals surface area contributed by atoms with Crippen molar-refractivity contribution in [3.05, 3.63) is 41.8 Å². The van der Waals surface area contributed by atoms with E-state index in [1.54, 1.807) is 14.0 Å². The van der Waals surface area contributed by atoms with E-state index in [-0.39, 0.29) is 23.8 Å². The number of carbonyl (C=O) groups excluding carboxylic acids is 1. The summed E-state index contributed by atoms with van der Waals surface area (Å²) in [5.41, 5.74) is 1.12. The smallest absolute Gasteiger partial charge is 0.227 e. The number of anilines is 2. The third kappa shape index (κ3) is 5.61. The molecule has 3 atom stereocenters. The van der Waals surface area contributed by atoms with Gasteiger partial charge in [-0.15, -0.1) is 0 Å². The molecule has 0 spiro atoms. The van der Waals surface area contributed by atoms with Gasteiger partial charge < -0.3 is 24.1 Å². The second-order valence-corrected chi connectivity index (χ2v) is 9.14. The highest BCUT2D eigenvalue weighted by molar-refractivity contribution is 5.76. The van der Waals surface area contributed by atoms with Gasteiger partial charge in [0.05, 0.1) is 25.4 Å². The third-order valence-corrected chi connectivity index (χ3v) is 6.50. The van der Waals surface area contributed by atoms with E-state index < -0.39 is 5.82 Å². The first-order valence-corrected chi connectivity index (χ1v) is 11.7. The Morgan fingerprint density at radius 1 is 1.24 bits per heavy atom. The molecule has 2 aliphatic rings. The van der Waals surface area contributed by atoms with Gasteiger partial charge in [0.2, 0.25) is 5.95 Å². The van der Waals surface area contributed by atoms with Crippen LogP contribution in [0.3, 0.4) is 0 Å². The zero-order valence-corrected chi connectivity index (χ0v) is 19.7. The van der Waals surface area contributed by atoms with Crippen LogP contribution in [0.4, 0.5) is 16.2 Å². The summed E-state index contributed by atoms with van der Waals surface area (Å²) in [6.07, 6.45) is 4.63. The summed E-state index contributed by atoms with van der Waals surface area (Å²) in [5, 5.41) is 0. The van der Waals surface area contributed by atoms with Crippen molar-refractivity contribution in [1.29, 1.82) is 0 Å². The van der Waals surface area contributed by atoms with Crippen LogP contribution < -0.4 is 14.5 Å². The van der Waals surface area contributed by atoms with Gasteiger partial charge in [-0.3, -0.25) is 0 Å². The lowest BCUT2D eigenvalue weighted by Gasteiger charge is -2.26. The van der Waals surface area contributed by atoms with Crippen molar-refractivity contribution in [2.75, 3.05) is 43.2 Å². The maximum absolute atomic E-state index is 14.6. The SMILES string of the molecule is COC[C@@H]1CCCN1c1ncc(F)c(N2CC[C@@H](Oc3ccc([C@H](C)CC(C)=O)cc3)C2)n1. The normalized spacial score (nSPS) is 21.5. The number of aromatic nitrogens is 2. The molecule has 2 aromatic rings. The van der Waals surface area contributed by atoms with E-state index in [4.69, 9.17) is 9.47 Å². The number of ether oxygens (including phenoxy) is 2. The molecular weight excluding hydrogens is 423 g/mol. The summed E-state index contributed by atoms with van der Waals surface area (Å²) in [7, 11) is 1.69. The van der Waals surface area contributed by atoms with E-state index in [2.05, 4.69) is 21.8 Å². The second-order valence-electron chi connectivity index (χ2n) is 9.14. The van der Waals surface area contributed by atoms with Crippen LogP contribution in [0, 0.1) is 5.82 Å². The lowest BCUT2D eigenvalue weighted by atomic mass is 9.96. The Morgan fingerprint density at radius 3 is 2.76 bits per heavy atom. The zero-order chi connectivity index (χ0) is 23.4. The standard InChI is InChI=1S/C25H33FN4O3/c1-17(13-18(2)31)19-6-8-21(9-7-19)33-22-10-12-29(15-22)24-23(26)14-27-25(28-24)30-11-4-5-20(30)16-32-3/h6-9,14,17,20,22H,4-5,10-13,15-16H2,1-3H3/t17-,20+,22-/m1/s1. The summed E-state index contributed by atoms with van der Waals surface area (Å²) in [6.45, 7) is 6.38. The minimum atomic E-state index is -0.411. The molecule has 7 nitrogen and oxygen atoms in total. The van der Waals surface area contributed by atoms with Crippen LogP contribution in [0.5, 0.6) is 5.75 Å². The molecule has 0 saturated carbocycles. The number of carbonyl (C=O) groups is 1. The predicted octanol–water partition coefficient (Wildman–Crippen LogP) is 3.97. The van der Waals surface area contributed by atoms with Gasteiger partial charge >= 0.3 is 0 Å². The summed E-state index contributed by atoms with van der Waals surface area (Å²) in [4.78, 5) is 24.3. The molecule has 2 aliphatic heterocycles. The Balaban J connectivity index is 1.39. The molecule has 0 bridgehead atoms. The Kier molecular flexibility index (Phi) is 7.42. The van der Waals surface area contributed by atoms with Gasteiger partial charge in [-0.25, -0.2) is 9.37 Å². The van der Waals surface area contributed by atoms with Crippen molar-refractivity contribution in [3.8, 4) is 5.75 Å². The Morgan fingerprint density at radius 2 is 2.03 bits per heavy atom. The molecule has 4 rings (SSSR count). The Hall–Kier alpha value is -2.74. The van der Waals surface area contributed by atoms with Crippen LogP contribution in [0.1, 0.15) is 51.0 Å². The van der Waals surface area contributed by atoms with Crippen molar-refractivity contribution in [2.24, 2.45) is 0 Å². The molecule has 8 heteroatoms. The molecule has 0 N–H and O–H groups in total. The van der Waals surface area contributed by atoms with Crippen LogP contribution in [0.15, 0.2) is 30.5 Å². The van der Waals surface area contributed by atoms with Crippen molar-refractivity contribution < 1.29 is 18.7 Å². The van der Waals surface area contributed by atoms with Crippen LogP contribution >= 0.6 is 0 Å². The van der Waals surface area contributed by atoms with Crippen molar-refractivity contribution >= 4 is 17.5 Å². The van der Waals surface area contributed by atoms with Gasteiger partial charge in [0.1, 0.15) is 17.6 Å². The molecule has 2 saturated heterocycles. The average Bonchev–Trinajstić information content (AvgIpc) is 3.44. The average molecular weight is 457 g/mol. The fraction of sp³-hybridized carbons (Fsp3) is 0.560. The van der Waals surface area contributed by atoms with Crippen LogP contribution in [0.2, 0.25) is 0 Å². The van der Waals surface area contributed by atoms with Crippen molar-refractivity contribution in [2.45, 2.75) is 57.6 Å². The van der Waals surface area contributed by atoms with Gasteiger partial charge in [0.15, 0.2) is 11.6 Å². The second kappa shape index (κ2) is 10.5. The minimum Gasteiger partial charge on any atom is -0.489 e. The van der Waals surface area contributed by atoms with E-state index in [1.807, 2.05) is 29.2 Å². The number of rotatable bonds is 9.